The Morgan fingerprint density at radius 3 is 2.37 bits per heavy atom. The molecule has 3 N–H and O–H groups in total. The molecule has 4 aromatic rings. The summed E-state index contributed by atoms with van der Waals surface area (Å²) < 4.78 is 1.92. The number of rotatable bonds is 7. The van der Waals surface area contributed by atoms with Gasteiger partial charge in [-0.05, 0) is 51.0 Å². The highest BCUT2D eigenvalue weighted by molar-refractivity contribution is 5.97. The van der Waals surface area contributed by atoms with Gasteiger partial charge in [0.15, 0.2) is 0 Å². The van der Waals surface area contributed by atoms with Gasteiger partial charge in [0.1, 0.15) is 23.2 Å². The highest BCUT2D eigenvalue weighted by Gasteiger charge is 2.23. The van der Waals surface area contributed by atoms with E-state index in [0.717, 1.165) is 28.2 Å². The molecule has 0 saturated carbocycles. The second kappa shape index (κ2) is 9.62. The van der Waals surface area contributed by atoms with Gasteiger partial charge in [0, 0.05) is 29.3 Å². The molecule has 2 heterocycles. The van der Waals surface area contributed by atoms with Gasteiger partial charge in [0.2, 0.25) is 0 Å². The minimum Gasteiger partial charge on any atom is -0.480 e. The Morgan fingerprint density at radius 2 is 1.71 bits per heavy atom. The van der Waals surface area contributed by atoms with Gasteiger partial charge >= 0.3 is 5.97 Å². The van der Waals surface area contributed by atoms with Gasteiger partial charge < -0.3 is 15.7 Å². The van der Waals surface area contributed by atoms with Crippen molar-refractivity contribution in [1.82, 2.24) is 14.7 Å². The van der Waals surface area contributed by atoms with Crippen LogP contribution in [0.5, 0.6) is 0 Å². The first-order valence-corrected chi connectivity index (χ1v) is 11.6. The third-order valence-corrected chi connectivity index (χ3v) is 5.67. The number of aromatic nitrogens is 2. The van der Waals surface area contributed by atoms with Gasteiger partial charge in [-0.25, -0.2) is 9.78 Å². The summed E-state index contributed by atoms with van der Waals surface area (Å²) in [6.07, 6.45) is 1.99. The quantitative estimate of drug-likeness (QED) is 0.355. The van der Waals surface area contributed by atoms with E-state index >= 15 is 0 Å². The summed E-state index contributed by atoms with van der Waals surface area (Å²) in [5.41, 5.74) is 4.46. The number of carbonyl (C=O) groups is 2. The van der Waals surface area contributed by atoms with E-state index in [9.17, 15) is 14.7 Å². The smallest absolute Gasteiger partial charge is 0.326 e. The van der Waals surface area contributed by atoms with Gasteiger partial charge in [-0.15, -0.1) is 0 Å². The molecule has 0 aliphatic rings. The van der Waals surface area contributed by atoms with E-state index in [1.165, 1.54) is 0 Å². The summed E-state index contributed by atoms with van der Waals surface area (Å²) in [6, 6.07) is 19.6. The summed E-state index contributed by atoms with van der Waals surface area (Å²) >= 11 is 0. The minimum atomic E-state index is -1.08. The van der Waals surface area contributed by atoms with E-state index < -0.39 is 17.9 Å². The third-order valence-electron chi connectivity index (χ3n) is 5.67. The molecule has 35 heavy (non-hydrogen) atoms. The standard InChI is InChI=1S/C28H30N4O3/c1-18-10-8-9-13-21(18)24-25(31-28(2,3)4)32-15-14-20(17-23(32)30-24)26(33)29-22(27(34)35)16-19-11-6-5-7-12-19/h5-15,17,22,31H,16H2,1-4H3,(H,29,33)(H,34,35). The summed E-state index contributed by atoms with van der Waals surface area (Å²) in [6.45, 7) is 8.27. The number of imidazole rings is 1. The van der Waals surface area contributed by atoms with Gasteiger partial charge in [0.05, 0.1) is 0 Å². The predicted octanol–water partition coefficient (Wildman–Crippen LogP) is 4.95. The number of amides is 1. The fourth-order valence-electron chi connectivity index (χ4n) is 3.98. The maximum atomic E-state index is 13.0. The van der Waals surface area contributed by atoms with E-state index in [1.54, 1.807) is 18.3 Å². The molecule has 0 bridgehead atoms. The molecular formula is C28H30N4O3. The molecule has 2 aromatic heterocycles. The number of nitrogens with one attached hydrogen (secondary N) is 2. The van der Waals surface area contributed by atoms with Gasteiger partial charge in [-0.2, -0.15) is 0 Å². The molecule has 0 aliphatic heterocycles. The Bertz CT molecular complexity index is 1370. The van der Waals surface area contributed by atoms with Crippen LogP contribution in [0.15, 0.2) is 72.9 Å². The summed E-state index contributed by atoms with van der Waals surface area (Å²) in [4.78, 5) is 29.7. The molecule has 0 radical (unpaired) electrons. The van der Waals surface area contributed by atoms with Crippen molar-refractivity contribution in [2.24, 2.45) is 0 Å². The molecule has 0 aliphatic carbocycles. The Balaban J connectivity index is 1.69. The Kier molecular flexibility index (Phi) is 6.60. The average molecular weight is 471 g/mol. The number of aryl methyl sites for hydroxylation is 1. The van der Waals surface area contributed by atoms with Crippen molar-refractivity contribution < 1.29 is 14.7 Å². The lowest BCUT2D eigenvalue weighted by Crippen LogP contribution is -2.42. The summed E-state index contributed by atoms with van der Waals surface area (Å²) in [5.74, 6) is -0.703. The molecule has 1 amide bonds. The number of benzene rings is 2. The molecule has 7 nitrogen and oxygen atoms in total. The topological polar surface area (TPSA) is 95.7 Å². The SMILES string of the molecule is Cc1ccccc1-c1nc2cc(C(=O)NC(Cc3ccccc3)C(=O)O)ccn2c1NC(C)(C)C. The zero-order valence-electron chi connectivity index (χ0n) is 20.4. The van der Waals surface area contributed by atoms with E-state index in [1.807, 2.05) is 65.9 Å². The van der Waals surface area contributed by atoms with Crippen LogP contribution in [0.4, 0.5) is 5.82 Å². The fourth-order valence-corrected chi connectivity index (χ4v) is 3.98. The van der Waals surface area contributed by atoms with E-state index in [-0.39, 0.29) is 12.0 Å². The van der Waals surface area contributed by atoms with Crippen molar-refractivity contribution in [3.05, 3.63) is 89.6 Å². The first-order valence-electron chi connectivity index (χ1n) is 11.6. The normalized spacial score (nSPS) is 12.3. The van der Waals surface area contributed by atoms with E-state index in [4.69, 9.17) is 4.98 Å². The van der Waals surface area contributed by atoms with Gasteiger partial charge in [-0.3, -0.25) is 9.20 Å². The van der Waals surface area contributed by atoms with Crippen molar-refractivity contribution in [3.63, 3.8) is 0 Å². The summed E-state index contributed by atoms with van der Waals surface area (Å²) in [5, 5.41) is 15.9. The number of nitrogens with zero attached hydrogens (tertiary/aromatic N) is 2. The summed E-state index contributed by atoms with van der Waals surface area (Å²) in [7, 11) is 0. The number of carboxylic acid groups (broad SMARTS) is 1. The monoisotopic (exact) mass is 470 g/mol. The molecular weight excluding hydrogens is 440 g/mol. The van der Waals surface area contributed by atoms with Crippen LogP contribution < -0.4 is 10.6 Å². The van der Waals surface area contributed by atoms with Crippen LogP contribution in [0.3, 0.4) is 0 Å². The fraction of sp³-hybridized carbons (Fsp3) is 0.250. The zero-order valence-corrected chi connectivity index (χ0v) is 20.4. The van der Waals surface area contributed by atoms with Crippen LogP contribution in [0.25, 0.3) is 16.9 Å². The maximum Gasteiger partial charge on any atom is 0.326 e. The molecule has 0 spiro atoms. The number of carbonyl (C=O) groups excluding carboxylic acids is 1. The van der Waals surface area contributed by atoms with Crippen molar-refractivity contribution >= 4 is 23.3 Å². The zero-order chi connectivity index (χ0) is 25.2. The van der Waals surface area contributed by atoms with Crippen LogP contribution in [0.1, 0.15) is 42.3 Å². The first kappa shape index (κ1) is 24.0. The Labute approximate surface area is 204 Å². The van der Waals surface area contributed by atoms with Gasteiger partial charge in [-0.1, -0.05) is 54.6 Å². The predicted molar refractivity (Wildman–Crippen MR) is 138 cm³/mol. The first-order chi connectivity index (χ1) is 16.6. The largest absolute Gasteiger partial charge is 0.480 e. The third kappa shape index (κ3) is 5.51. The maximum absolute atomic E-state index is 13.0. The molecule has 1 atom stereocenters. The lowest BCUT2D eigenvalue weighted by atomic mass is 10.0. The number of pyridine rings is 1. The highest BCUT2D eigenvalue weighted by Crippen LogP contribution is 2.33. The lowest BCUT2D eigenvalue weighted by molar-refractivity contribution is -0.139. The molecule has 4 rings (SSSR count). The van der Waals surface area contributed by atoms with Gasteiger partial charge in [0.25, 0.3) is 5.91 Å². The Morgan fingerprint density at radius 1 is 1.03 bits per heavy atom. The van der Waals surface area contributed by atoms with Crippen LogP contribution in [-0.4, -0.2) is 37.9 Å². The van der Waals surface area contributed by atoms with Crippen LogP contribution in [-0.2, 0) is 11.2 Å². The molecule has 180 valence electrons. The Hall–Kier alpha value is -4.13. The average Bonchev–Trinajstić information content (AvgIpc) is 3.15. The van der Waals surface area contributed by atoms with Crippen LogP contribution in [0, 0.1) is 6.92 Å². The van der Waals surface area contributed by atoms with Crippen molar-refractivity contribution in [3.8, 4) is 11.3 Å². The number of hydrogen-bond acceptors (Lipinski definition) is 4. The number of fused-ring (bicyclic) bond motifs is 1. The van der Waals surface area contributed by atoms with Crippen molar-refractivity contribution in [2.45, 2.75) is 45.7 Å². The molecule has 0 saturated heterocycles. The highest BCUT2D eigenvalue weighted by atomic mass is 16.4. The second-order valence-corrected chi connectivity index (χ2v) is 9.70. The molecule has 2 aromatic carbocycles. The van der Waals surface area contributed by atoms with Crippen LogP contribution in [0.2, 0.25) is 0 Å². The lowest BCUT2D eigenvalue weighted by Gasteiger charge is -2.23. The second-order valence-electron chi connectivity index (χ2n) is 9.70. The van der Waals surface area contributed by atoms with Crippen LogP contribution >= 0.6 is 0 Å². The molecule has 0 fully saturated rings. The number of hydrogen-bond donors (Lipinski definition) is 3. The minimum absolute atomic E-state index is 0.199. The van der Waals surface area contributed by atoms with Crippen molar-refractivity contribution in [2.75, 3.05) is 5.32 Å². The molecule has 1 unspecified atom stereocenters. The number of carboxylic acids is 1. The van der Waals surface area contributed by atoms with E-state index in [2.05, 4.69) is 31.4 Å². The number of aliphatic carboxylic acids is 1. The van der Waals surface area contributed by atoms with E-state index in [0.29, 0.717) is 11.2 Å². The van der Waals surface area contributed by atoms with Crippen molar-refractivity contribution in [1.29, 1.82) is 0 Å². The molecule has 7 heteroatoms. The number of anilines is 1.